The molecule has 1 amide bonds. The molecule has 23 heavy (non-hydrogen) atoms. The number of amides is 1. The summed E-state index contributed by atoms with van der Waals surface area (Å²) in [4.78, 5) is 46.7. The van der Waals surface area contributed by atoms with Gasteiger partial charge in [-0.2, -0.15) is 0 Å². The largest absolute Gasteiger partial charge is 0.382 e. The molecule has 0 aliphatic carbocycles. The Morgan fingerprint density at radius 2 is 1.52 bits per heavy atom. The fourth-order valence-corrected chi connectivity index (χ4v) is 2.83. The van der Waals surface area contributed by atoms with E-state index in [1.165, 1.54) is 0 Å². The first-order chi connectivity index (χ1) is 10.4. The molecule has 1 aliphatic heterocycles. The van der Waals surface area contributed by atoms with Gasteiger partial charge in [0.2, 0.25) is 5.91 Å². The molecule has 1 unspecified atom stereocenters. The Kier molecular flexibility index (Phi) is 5.42. The van der Waals surface area contributed by atoms with Gasteiger partial charge in [-0.1, -0.05) is 0 Å². The topological polar surface area (TPSA) is 150 Å². The van der Waals surface area contributed by atoms with Crippen molar-refractivity contribution < 1.29 is 39.2 Å². The highest BCUT2D eigenvalue weighted by atomic mass is 16.5. The van der Waals surface area contributed by atoms with Crippen molar-refractivity contribution in [1.82, 2.24) is 5.32 Å². The first-order valence-electron chi connectivity index (χ1n) is 6.94. The Bertz CT molecular complexity index is 547. The zero-order valence-electron chi connectivity index (χ0n) is 13.3. The van der Waals surface area contributed by atoms with Gasteiger partial charge in [0.1, 0.15) is 12.2 Å². The van der Waals surface area contributed by atoms with Crippen molar-refractivity contribution in [3.8, 4) is 0 Å². The first kappa shape index (κ1) is 19.4. The van der Waals surface area contributed by atoms with Crippen LogP contribution in [0.1, 0.15) is 27.7 Å². The zero-order valence-corrected chi connectivity index (χ0v) is 13.3. The van der Waals surface area contributed by atoms with Crippen molar-refractivity contribution in [3.05, 3.63) is 0 Å². The molecule has 9 nitrogen and oxygen atoms in total. The second kappa shape index (κ2) is 6.44. The Morgan fingerprint density at radius 1 is 1.04 bits per heavy atom. The quantitative estimate of drug-likeness (QED) is 0.431. The molecular formula is C14H21NO8. The van der Waals surface area contributed by atoms with Crippen molar-refractivity contribution in [2.75, 3.05) is 6.61 Å². The maximum Gasteiger partial charge on any atom is 0.217 e. The normalized spacial score (nSPS) is 35.3. The third-order valence-electron chi connectivity index (χ3n) is 4.09. The average molecular weight is 331 g/mol. The van der Waals surface area contributed by atoms with Crippen LogP contribution in [0, 0.1) is 0 Å². The summed E-state index contributed by atoms with van der Waals surface area (Å²) in [6.45, 7) is 3.43. The number of Topliss-reactive ketones (excluding diaryl/α,β-unsaturated/α-hetero) is 3. The van der Waals surface area contributed by atoms with Crippen LogP contribution < -0.4 is 5.32 Å². The van der Waals surface area contributed by atoms with Crippen LogP contribution in [-0.4, -0.2) is 74.6 Å². The number of rotatable bonds is 5. The molecule has 0 bridgehead atoms. The summed E-state index contributed by atoms with van der Waals surface area (Å²) < 4.78 is 5.17. The van der Waals surface area contributed by atoms with Crippen LogP contribution >= 0.6 is 0 Å². The minimum Gasteiger partial charge on any atom is -0.382 e. The Hall–Kier alpha value is -1.68. The number of hydrogen-bond donors (Lipinski definition) is 4. The molecule has 0 aromatic carbocycles. The fourth-order valence-electron chi connectivity index (χ4n) is 2.83. The number of nitrogens with one attached hydrogen (secondary N) is 1. The summed E-state index contributed by atoms with van der Waals surface area (Å²) in [6.07, 6.45) is -3.79. The van der Waals surface area contributed by atoms with Crippen LogP contribution in [0.3, 0.4) is 0 Å². The minimum absolute atomic E-state index is 0.486. The van der Waals surface area contributed by atoms with E-state index in [1.54, 1.807) is 0 Å². The predicted octanol–water partition coefficient (Wildman–Crippen LogP) is -2.52. The van der Waals surface area contributed by atoms with Gasteiger partial charge in [0.15, 0.2) is 28.6 Å². The third-order valence-corrected chi connectivity index (χ3v) is 4.09. The van der Waals surface area contributed by atoms with Gasteiger partial charge in [0, 0.05) is 6.92 Å². The minimum atomic E-state index is -2.91. The van der Waals surface area contributed by atoms with Gasteiger partial charge in [0.25, 0.3) is 0 Å². The summed E-state index contributed by atoms with van der Waals surface area (Å²) in [5.74, 6) is -3.55. The lowest BCUT2D eigenvalue weighted by atomic mass is 9.66. The molecule has 130 valence electrons. The lowest BCUT2D eigenvalue weighted by molar-refractivity contribution is -0.259. The lowest BCUT2D eigenvalue weighted by Gasteiger charge is -2.52. The van der Waals surface area contributed by atoms with E-state index in [0.29, 0.717) is 0 Å². The number of hydrogen-bond acceptors (Lipinski definition) is 8. The number of aliphatic hydroxyl groups excluding tert-OH is 1. The molecule has 0 spiro atoms. The molecule has 5 atom stereocenters. The standard InChI is InChI=1S/C14H21NO8/c1-6(16)11(20)12-14(22,8(3)18)13(21,7(2)17)10(5-23-12)15-9(4)19/h10-12,20-22H,5H2,1-4H3,(H,15,19)/t10-,11?,12-,13-,14-/m1/s1. The number of ketones is 3. The Labute approximate surface area is 132 Å². The maximum absolute atomic E-state index is 12.0. The van der Waals surface area contributed by atoms with E-state index in [4.69, 9.17) is 4.74 Å². The van der Waals surface area contributed by atoms with Gasteiger partial charge in [-0.25, -0.2) is 0 Å². The third kappa shape index (κ3) is 2.92. The lowest BCUT2D eigenvalue weighted by Crippen LogP contribution is -2.81. The van der Waals surface area contributed by atoms with E-state index in [-0.39, 0.29) is 0 Å². The van der Waals surface area contributed by atoms with E-state index >= 15 is 0 Å². The second-order valence-corrected chi connectivity index (χ2v) is 5.71. The molecule has 1 saturated heterocycles. The molecule has 0 aromatic rings. The molecule has 0 radical (unpaired) electrons. The zero-order chi connectivity index (χ0) is 18.2. The molecule has 0 aromatic heterocycles. The highest BCUT2D eigenvalue weighted by molar-refractivity contribution is 6.00. The molecule has 4 N–H and O–H groups in total. The predicted molar refractivity (Wildman–Crippen MR) is 75.3 cm³/mol. The SMILES string of the molecule is CC(=O)N[C@@H]1CO[C@H](C(O)C(C)=O)[C@](O)(C(C)=O)[C@@]1(O)C(C)=O. The second-order valence-electron chi connectivity index (χ2n) is 5.71. The molecule has 0 saturated carbocycles. The molecule has 1 aliphatic rings. The van der Waals surface area contributed by atoms with E-state index in [1.807, 2.05) is 0 Å². The maximum atomic E-state index is 12.0. The number of carbonyl (C=O) groups excluding carboxylic acids is 4. The highest BCUT2D eigenvalue weighted by Gasteiger charge is 2.69. The summed E-state index contributed by atoms with van der Waals surface area (Å²) >= 11 is 0. The molecule has 1 heterocycles. The van der Waals surface area contributed by atoms with E-state index in [9.17, 15) is 34.5 Å². The number of carbonyl (C=O) groups is 4. The van der Waals surface area contributed by atoms with E-state index in [0.717, 1.165) is 27.7 Å². The van der Waals surface area contributed by atoms with Crippen LogP contribution in [0.2, 0.25) is 0 Å². The summed E-state index contributed by atoms with van der Waals surface area (Å²) in [5, 5.41) is 33.8. The van der Waals surface area contributed by atoms with Crippen LogP contribution in [0.25, 0.3) is 0 Å². The number of aliphatic hydroxyl groups is 3. The van der Waals surface area contributed by atoms with Crippen molar-refractivity contribution in [2.45, 2.75) is 57.1 Å². The van der Waals surface area contributed by atoms with Crippen LogP contribution in [0.5, 0.6) is 0 Å². The van der Waals surface area contributed by atoms with Crippen LogP contribution in [0.4, 0.5) is 0 Å². The van der Waals surface area contributed by atoms with Crippen molar-refractivity contribution in [2.24, 2.45) is 0 Å². The van der Waals surface area contributed by atoms with Gasteiger partial charge in [0.05, 0.1) is 12.6 Å². The van der Waals surface area contributed by atoms with Gasteiger partial charge in [-0.05, 0) is 20.8 Å². The van der Waals surface area contributed by atoms with Crippen molar-refractivity contribution >= 4 is 23.3 Å². The summed E-state index contributed by atoms with van der Waals surface area (Å²) in [6, 6.07) is -1.43. The van der Waals surface area contributed by atoms with Gasteiger partial charge in [-0.3, -0.25) is 19.2 Å². The monoisotopic (exact) mass is 331 g/mol. The molecule has 1 fully saturated rings. The summed E-state index contributed by atoms with van der Waals surface area (Å²) in [5.41, 5.74) is -5.67. The van der Waals surface area contributed by atoms with Gasteiger partial charge < -0.3 is 25.4 Å². The Morgan fingerprint density at radius 3 is 1.87 bits per heavy atom. The van der Waals surface area contributed by atoms with E-state index in [2.05, 4.69) is 5.32 Å². The molecule has 9 heteroatoms. The van der Waals surface area contributed by atoms with Gasteiger partial charge in [-0.15, -0.1) is 0 Å². The summed E-state index contributed by atoms with van der Waals surface area (Å²) in [7, 11) is 0. The smallest absolute Gasteiger partial charge is 0.217 e. The van der Waals surface area contributed by atoms with Crippen molar-refractivity contribution in [3.63, 3.8) is 0 Å². The van der Waals surface area contributed by atoms with Gasteiger partial charge >= 0.3 is 0 Å². The molecular weight excluding hydrogens is 310 g/mol. The fraction of sp³-hybridized carbons (Fsp3) is 0.714. The molecule has 1 rings (SSSR count). The average Bonchev–Trinajstić information content (AvgIpc) is 2.42. The highest BCUT2D eigenvalue weighted by Crippen LogP contribution is 2.38. The first-order valence-corrected chi connectivity index (χ1v) is 6.94. The van der Waals surface area contributed by atoms with Crippen molar-refractivity contribution in [1.29, 1.82) is 0 Å². The van der Waals surface area contributed by atoms with Crippen LogP contribution in [-0.2, 0) is 23.9 Å². The van der Waals surface area contributed by atoms with Crippen LogP contribution in [0.15, 0.2) is 0 Å². The van der Waals surface area contributed by atoms with E-state index < -0.39 is 59.3 Å². The Balaban J connectivity index is 3.52. The number of ether oxygens (including phenoxy) is 1.